The summed E-state index contributed by atoms with van der Waals surface area (Å²) in [4.78, 5) is 10.9. The van der Waals surface area contributed by atoms with Gasteiger partial charge in [-0.15, -0.1) is 0 Å². The highest BCUT2D eigenvalue weighted by Crippen LogP contribution is 2.20. The van der Waals surface area contributed by atoms with Crippen molar-refractivity contribution >= 4 is 16.0 Å². The highest BCUT2D eigenvalue weighted by molar-refractivity contribution is 7.90. The topological polar surface area (TPSA) is 96.2 Å². The minimum Gasteiger partial charge on any atom is -0.478 e. The molecule has 2 aromatic rings. The number of aryl methyl sites for hydroxylation is 1. The maximum absolute atomic E-state index is 12.1. The highest BCUT2D eigenvalue weighted by atomic mass is 32.2. The number of rotatable bonds is 5. The Morgan fingerprint density at radius 2 is 1.61 bits per heavy atom. The van der Waals surface area contributed by atoms with Crippen LogP contribution in [0.1, 0.15) is 34.5 Å². The van der Waals surface area contributed by atoms with Crippen LogP contribution in [0.3, 0.4) is 0 Å². The van der Waals surface area contributed by atoms with E-state index in [0.717, 1.165) is 5.56 Å². The van der Waals surface area contributed by atoms with Gasteiger partial charge in [-0.2, -0.15) is 13.5 Å². The predicted molar refractivity (Wildman–Crippen MR) is 85.0 cm³/mol. The molecule has 0 amide bonds. The van der Waals surface area contributed by atoms with Crippen molar-refractivity contribution in [3.63, 3.8) is 0 Å². The molecule has 7 heteroatoms. The van der Waals surface area contributed by atoms with Gasteiger partial charge in [-0.25, -0.2) is 4.79 Å². The number of carboxylic acid groups (broad SMARTS) is 1. The van der Waals surface area contributed by atoms with E-state index in [1.165, 1.54) is 24.3 Å². The average molecular weight is 332 g/mol. The summed E-state index contributed by atoms with van der Waals surface area (Å²) in [5.74, 6) is -1.02. The van der Waals surface area contributed by atoms with Crippen LogP contribution in [0, 0.1) is 6.92 Å². The molecule has 0 unspecified atom stereocenters. The molecule has 2 aromatic carbocycles. The Balaban J connectivity index is 2.18. The van der Waals surface area contributed by atoms with Crippen LogP contribution in [0.2, 0.25) is 0 Å². The minimum absolute atomic E-state index is 0.0836. The van der Waals surface area contributed by atoms with Crippen LogP contribution in [0.4, 0.5) is 0 Å². The summed E-state index contributed by atoms with van der Waals surface area (Å²) in [7, 11) is -3.84. The van der Waals surface area contributed by atoms with Crippen molar-refractivity contribution < 1.29 is 18.3 Å². The van der Waals surface area contributed by atoms with Crippen LogP contribution in [-0.4, -0.2) is 19.5 Å². The number of sulfonamides is 1. The van der Waals surface area contributed by atoms with Gasteiger partial charge in [0, 0.05) is 0 Å². The van der Waals surface area contributed by atoms with Crippen molar-refractivity contribution in [2.45, 2.75) is 24.8 Å². The molecular formula is C16H16N2O4S. The number of nitrogens with zero attached hydrogens (tertiary/aromatic N) is 2. The van der Waals surface area contributed by atoms with Crippen molar-refractivity contribution in [3.05, 3.63) is 65.2 Å². The van der Waals surface area contributed by atoms with E-state index in [1.54, 1.807) is 31.2 Å². The molecule has 1 N–H and O–H groups in total. The van der Waals surface area contributed by atoms with Crippen molar-refractivity contribution in [1.29, 1.82) is 0 Å². The van der Waals surface area contributed by atoms with Crippen molar-refractivity contribution in [2.75, 3.05) is 0 Å². The van der Waals surface area contributed by atoms with Crippen LogP contribution < -0.4 is 0 Å². The third-order valence-electron chi connectivity index (χ3n) is 3.29. The fourth-order valence-corrected chi connectivity index (χ4v) is 2.70. The predicted octanol–water partition coefficient (Wildman–Crippen LogP) is 3.60. The number of hydrogen-bond donors (Lipinski definition) is 1. The Kier molecular flexibility index (Phi) is 4.90. The molecule has 0 aliphatic carbocycles. The van der Waals surface area contributed by atoms with Gasteiger partial charge in [-0.05, 0) is 43.7 Å². The molecule has 1 atom stereocenters. The average Bonchev–Trinajstić information content (AvgIpc) is 2.53. The minimum atomic E-state index is -3.84. The van der Waals surface area contributed by atoms with Gasteiger partial charge >= 0.3 is 5.97 Å². The quantitative estimate of drug-likeness (QED) is 0.846. The fraction of sp³-hybridized carbons (Fsp3) is 0.188. The Morgan fingerprint density at radius 1 is 1.04 bits per heavy atom. The number of carbonyl (C=O) groups is 1. The van der Waals surface area contributed by atoms with Gasteiger partial charge in [-0.1, -0.05) is 34.3 Å². The lowest BCUT2D eigenvalue weighted by atomic mass is 10.1. The lowest BCUT2D eigenvalue weighted by Gasteiger charge is -2.06. The van der Waals surface area contributed by atoms with E-state index in [9.17, 15) is 13.2 Å². The lowest BCUT2D eigenvalue weighted by molar-refractivity contribution is 0.0697. The third kappa shape index (κ3) is 4.23. The summed E-state index contributed by atoms with van der Waals surface area (Å²) in [5.41, 5.74) is 1.79. The van der Waals surface area contributed by atoms with Crippen LogP contribution in [0.5, 0.6) is 0 Å². The fourth-order valence-electron chi connectivity index (χ4n) is 1.86. The first-order valence-corrected chi connectivity index (χ1v) is 8.30. The molecule has 0 heterocycles. The Labute approximate surface area is 134 Å². The number of carboxylic acids is 1. The van der Waals surface area contributed by atoms with Crippen LogP contribution >= 0.6 is 0 Å². The van der Waals surface area contributed by atoms with Gasteiger partial charge in [0.1, 0.15) is 0 Å². The standard InChI is InChI=1S/C16H16N2O4S/c1-11-3-9-15(10-4-11)23(21,22)18-17-12(2)13-5-7-14(8-6-13)16(19)20/h3-10,12H,1-2H3,(H,19,20)/t12-/m1/s1. The van der Waals surface area contributed by atoms with Gasteiger partial charge in [0.05, 0.1) is 16.5 Å². The van der Waals surface area contributed by atoms with E-state index in [-0.39, 0.29) is 10.5 Å². The molecule has 0 aromatic heterocycles. The molecule has 120 valence electrons. The maximum atomic E-state index is 12.1. The molecule has 0 spiro atoms. The van der Waals surface area contributed by atoms with Crippen molar-refractivity contribution in [3.8, 4) is 0 Å². The summed E-state index contributed by atoms with van der Waals surface area (Å²) in [6.45, 7) is 3.55. The van der Waals surface area contributed by atoms with Crippen LogP contribution in [0.15, 0.2) is 63.1 Å². The third-order valence-corrected chi connectivity index (χ3v) is 4.46. The maximum Gasteiger partial charge on any atom is 0.335 e. The first-order chi connectivity index (χ1) is 10.8. The number of aromatic carboxylic acids is 1. The first kappa shape index (κ1) is 16.8. The van der Waals surface area contributed by atoms with E-state index in [1.807, 2.05) is 6.92 Å². The second-order valence-corrected chi connectivity index (χ2v) is 6.67. The first-order valence-electron chi connectivity index (χ1n) is 6.86. The van der Waals surface area contributed by atoms with E-state index >= 15 is 0 Å². The SMILES string of the molecule is Cc1ccc(S(=O)(=O)N=N[C@H](C)c2ccc(C(=O)O)cc2)cc1. The Hall–Kier alpha value is -2.54. The van der Waals surface area contributed by atoms with Crippen LogP contribution in [-0.2, 0) is 10.0 Å². The van der Waals surface area contributed by atoms with Crippen LogP contribution in [0.25, 0.3) is 0 Å². The second-order valence-electron chi connectivity index (χ2n) is 5.09. The molecule has 23 heavy (non-hydrogen) atoms. The number of hydrogen-bond acceptors (Lipinski definition) is 4. The van der Waals surface area contributed by atoms with Gasteiger partial charge < -0.3 is 5.11 Å². The molecule has 0 radical (unpaired) electrons. The summed E-state index contributed by atoms with van der Waals surface area (Å²) >= 11 is 0. The van der Waals surface area contributed by atoms with Gasteiger partial charge in [0.25, 0.3) is 10.0 Å². The summed E-state index contributed by atoms with van der Waals surface area (Å²) in [6.07, 6.45) is 0. The zero-order chi connectivity index (χ0) is 17.0. The Morgan fingerprint density at radius 3 is 2.13 bits per heavy atom. The van der Waals surface area contributed by atoms with Gasteiger partial charge in [0.15, 0.2) is 0 Å². The largest absolute Gasteiger partial charge is 0.478 e. The smallest absolute Gasteiger partial charge is 0.335 e. The van der Waals surface area contributed by atoms with E-state index < -0.39 is 22.0 Å². The summed E-state index contributed by atoms with van der Waals surface area (Å²) in [5, 5.41) is 12.7. The molecular weight excluding hydrogens is 316 g/mol. The second kappa shape index (κ2) is 6.70. The number of benzene rings is 2. The van der Waals surface area contributed by atoms with Crippen molar-refractivity contribution in [2.24, 2.45) is 9.63 Å². The van der Waals surface area contributed by atoms with E-state index in [2.05, 4.69) is 9.63 Å². The van der Waals surface area contributed by atoms with E-state index in [0.29, 0.717) is 5.56 Å². The highest BCUT2D eigenvalue weighted by Gasteiger charge is 2.14. The van der Waals surface area contributed by atoms with E-state index in [4.69, 9.17) is 5.11 Å². The molecule has 0 aliphatic rings. The zero-order valence-electron chi connectivity index (χ0n) is 12.7. The normalized spacial score (nSPS) is 13.1. The molecule has 0 bridgehead atoms. The molecule has 0 saturated heterocycles. The molecule has 2 rings (SSSR count). The van der Waals surface area contributed by atoms with Gasteiger partial charge in [-0.3, -0.25) is 0 Å². The zero-order valence-corrected chi connectivity index (χ0v) is 13.5. The molecule has 6 nitrogen and oxygen atoms in total. The van der Waals surface area contributed by atoms with Crippen molar-refractivity contribution in [1.82, 2.24) is 0 Å². The molecule has 0 aliphatic heterocycles. The monoisotopic (exact) mass is 332 g/mol. The van der Waals surface area contributed by atoms with Gasteiger partial charge in [0.2, 0.25) is 0 Å². The molecule has 0 fully saturated rings. The lowest BCUT2D eigenvalue weighted by Crippen LogP contribution is -1.99. The summed E-state index contributed by atoms with van der Waals surface area (Å²) in [6, 6.07) is 11.9. The summed E-state index contributed by atoms with van der Waals surface area (Å²) < 4.78 is 27.6. The molecule has 0 saturated carbocycles. The Bertz CT molecular complexity index is 825.